The zero-order chi connectivity index (χ0) is 14.1. The Morgan fingerprint density at radius 2 is 2.10 bits per heavy atom. The normalized spacial score (nSPS) is 16.6. The van der Waals surface area contributed by atoms with Crippen molar-refractivity contribution in [3.63, 3.8) is 0 Å². The number of fused-ring (bicyclic) bond motifs is 1. The molecule has 20 heavy (non-hydrogen) atoms. The highest BCUT2D eigenvalue weighted by molar-refractivity contribution is 9.10. The molecule has 0 fully saturated rings. The molecule has 0 aromatic heterocycles. The van der Waals surface area contributed by atoms with Crippen molar-refractivity contribution in [3.8, 4) is 0 Å². The van der Waals surface area contributed by atoms with E-state index in [4.69, 9.17) is 0 Å². The summed E-state index contributed by atoms with van der Waals surface area (Å²) < 4.78 is 14.0. The van der Waals surface area contributed by atoms with Crippen LogP contribution in [-0.4, -0.2) is 11.8 Å². The minimum absolute atomic E-state index is 0.0764. The fraction of sp³-hybridized carbons (Fsp3) is 0.188. The summed E-state index contributed by atoms with van der Waals surface area (Å²) in [6.07, 6.45) is 0.923. The summed E-state index contributed by atoms with van der Waals surface area (Å²) in [6, 6.07) is 12.1. The van der Waals surface area contributed by atoms with Gasteiger partial charge in [-0.25, -0.2) is 4.39 Å². The van der Waals surface area contributed by atoms with Gasteiger partial charge in [-0.3, -0.25) is 4.79 Å². The summed E-state index contributed by atoms with van der Waals surface area (Å²) in [5, 5.41) is 3.23. The van der Waals surface area contributed by atoms with Crippen LogP contribution >= 0.6 is 15.9 Å². The number of Topliss-reactive ketones (excluding diaryl/α,β-unsaturated/α-hetero) is 1. The van der Waals surface area contributed by atoms with Crippen molar-refractivity contribution in [2.24, 2.45) is 0 Å². The fourth-order valence-electron chi connectivity index (χ4n) is 2.48. The van der Waals surface area contributed by atoms with Gasteiger partial charge in [-0.2, -0.15) is 0 Å². The molecular weight excluding hydrogens is 321 g/mol. The molecule has 3 rings (SSSR count). The number of hydrogen-bond acceptors (Lipinski definition) is 2. The lowest BCUT2D eigenvalue weighted by Gasteiger charge is -2.11. The highest BCUT2D eigenvalue weighted by atomic mass is 79.9. The highest BCUT2D eigenvalue weighted by Gasteiger charge is 2.26. The van der Waals surface area contributed by atoms with Crippen molar-refractivity contribution in [2.45, 2.75) is 18.9 Å². The molecule has 0 aliphatic carbocycles. The van der Waals surface area contributed by atoms with E-state index in [0.29, 0.717) is 12.0 Å². The number of carbonyl (C=O) groups is 1. The molecular formula is C16H13BrFNO. The zero-order valence-corrected chi connectivity index (χ0v) is 12.3. The van der Waals surface area contributed by atoms with E-state index in [1.54, 1.807) is 6.07 Å². The van der Waals surface area contributed by atoms with Crippen LogP contribution in [0.15, 0.2) is 46.9 Å². The monoisotopic (exact) mass is 333 g/mol. The predicted octanol–water partition coefficient (Wildman–Crippen LogP) is 3.74. The first-order chi connectivity index (χ1) is 9.63. The Balaban J connectivity index is 1.74. The lowest BCUT2D eigenvalue weighted by atomic mass is 10.0. The number of para-hydroxylation sites is 1. The van der Waals surface area contributed by atoms with Crippen molar-refractivity contribution < 1.29 is 9.18 Å². The van der Waals surface area contributed by atoms with Gasteiger partial charge in [0.05, 0.1) is 6.04 Å². The average Bonchev–Trinajstić information content (AvgIpc) is 2.87. The van der Waals surface area contributed by atoms with Crippen LogP contribution in [0.1, 0.15) is 11.1 Å². The molecule has 2 aromatic carbocycles. The quantitative estimate of drug-likeness (QED) is 0.927. The molecule has 1 atom stereocenters. The van der Waals surface area contributed by atoms with Crippen molar-refractivity contribution >= 4 is 27.4 Å². The topological polar surface area (TPSA) is 29.1 Å². The van der Waals surface area contributed by atoms with Crippen LogP contribution in [0, 0.1) is 5.82 Å². The molecule has 0 radical (unpaired) electrons. The molecule has 1 heterocycles. The maximum Gasteiger partial charge on any atom is 0.159 e. The van der Waals surface area contributed by atoms with Crippen molar-refractivity contribution in [2.75, 3.05) is 5.32 Å². The molecule has 0 saturated carbocycles. The van der Waals surface area contributed by atoms with Gasteiger partial charge in [0, 0.05) is 23.0 Å². The molecule has 0 bridgehead atoms. The number of hydrogen-bond donors (Lipinski definition) is 1. The molecule has 102 valence electrons. The Morgan fingerprint density at radius 3 is 2.90 bits per heavy atom. The number of rotatable bonds is 3. The number of ketones is 1. The lowest BCUT2D eigenvalue weighted by molar-refractivity contribution is -0.119. The highest BCUT2D eigenvalue weighted by Crippen LogP contribution is 2.27. The second-order valence-corrected chi connectivity index (χ2v) is 5.79. The molecule has 0 spiro atoms. The van der Waals surface area contributed by atoms with Gasteiger partial charge in [-0.1, -0.05) is 34.1 Å². The molecule has 0 amide bonds. The van der Waals surface area contributed by atoms with Crippen LogP contribution in [0.25, 0.3) is 0 Å². The Hall–Kier alpha value is -1.68. The van der Waals surface area contributed by atoms with Crippen LogP contribution in [0.2, 0.25) is 0 Å². The molecule has 2 nitrogen and oxygen atoms in total. The average molecular weight is 334 g/mol. The summed E-state index contributed by atoms with van der Waals surface area (Å²) in [7, 11) is 0. The van der Waals surface area contributed by atoms with Crippen molar-refractivity contribution in [1.29, 1.82) is 0 Å². The number of benzene rings is 2. The van der Waals surface area contributed by atoms with E-state index in [2.05, 4.69) is 21.2 Å². The summed E-state index contributed by atoms with van der Waals surface area (Å²) >= 11 is 3.36. The number of halogens is 2. The predicted molar refractivity (Wildman–Crippen MR) is 80.4 cm³/mol. The summed E-state index contributed by atoms with van der Waals surface area (Å²) in [4.78, 5) is 12.3. The van der Waals surface area contributed by atoms with E-state index in [1.807, 2.05) is 24.3 Å². The minimum Gasteiger partial charge on any atom is -0.375 e. The van der Waals surface area contributed by atoms with Crippen LogP contribution in [0.5, 0.6) is 0 Å². The molecule has 1 N–H and O–H groups in total. The van der Waals surface area contributed by atoms with E-state index < -0.39 is 0 Å². The number of anilines is 1. The molecule has 1 aliphatic rings. The van der Waals surface area contributed by atoms with Crippen molar-refractivity contribution in [3.05, 3.63) is 63.9 Å². The third kappa shape index (κ3) is 2.61. The Labute approximate surface area is 125 Å². The van der Waals surface area contributed by atoms with E-state index >= 15 is 0 Å². The van der Waals surface area contributed by atoms with Gasteiger partial charge in [0.25, 0.3) is 0 Å². The van der Waals surface area contributed by atoms with Gasteiger partial charge in [0.15, 0.2) is 5.78 Å². The van der Waals surface area contributed by atoms with Gasteiger partial charge >= 0.3 is 0 Å². The third-order valence-electron chi connectivity index (χ3n) is 3.53. The van der Waals surface area contributed by atoms with E-state index in [1.165, 1.54) is 12.1 Å². The molecule has 4 heteroatoms. The van der Waals surface area contributed by atoms with Crippen LogP contribution in [0.3, 0.4) is 0 Å². The van der Waals surface area contributed by atoms with Crippen LogP contribution < -0.4 is 5.32 Å². The second kappa shape index (κ2) is 5.37. The first-order valence-electron chi connectivity index (χ1n) is 6.44. The Kier molecular flexibility index (Phi) is 3.57. The summed E-state index contributed by atoms with van der Waals surface area (Å²) in [5.41, 5.74) is 2.86. The van der Waals surface area contributed by atoms with E-state index in [0.717, 1.165) is 15.7 Å². The first kappa shape index (κ1) is 13.3. The largest absolute Gasteiger partial charge is 0.375 e. The SMILES string of the molecule is O=C(Cc1cc(F)ccc1Br)C1Cc2ccccc2N1. The smallest absolute Gasteiger partial charge is 0.159 e. The lowest BCUT2D eigenvalue weighted by Crippen LogP contribution is -2.28. The van der Waals surface area contributed by atoms with E-state index in [9.17, 15) is 9.18 Å². The van der Waals surface area contributed by atoms with Crippen molar-refractivity contribution in [1.82, 2.24) is 0 Å². The molecule has 0 saturated heterocycles. The standard InChI is InChI=1S/C16H13BrFNO/c17-13-6-5-12(18)7-11(13)9-16(20)15-8-10-3-1-2-4-14(10)19-15/h1-7,15,19H,8-9H2. The third-order valence-corrected chi connectivity index (χ3v) is 4.31. The Bertz CT molecular complexity index is 646. The Morgan fingerprint density at radius 1 is 1.30 bits per heavy atom. The fourth-order valence-corrected chi connectivity index (χ4v) is 2.87. The van der Waals surface area contributed by atoms with Gasteiger partial charge in [0.2, 0.25) is 0 Å². The van der Waals surface area contributed by atoms with Gasteiger partial charge in [-0.05, 0) is 35.4 Å². The van der Waals surface area contributed by atoms with Gasteiger partial charge < -0.3 is 5.32 Å². The first-order valence-corrected chi connectivity index (χ1v) is 7.24. The number of nitrogens with one attached hydrogen (secondary N) is 1. The number of carbonyl (C=O) groups excluding carboxylic acids is 1. The van der Waals surface area contributed by atoms with E-state index in [-0.39, 0.29) is 24.1 Å². The minimum atomic E-state index is -0.321. The maximum atomic E-state index is 13.2. The van der Waals surface area contributed by atoms with Gasteiger partial charge in [-0.15, -0.1) is 0 Å². The summed E-state index contributed by atoms with van der Waals surface area (Å²) in [6.45, 7) is 0. The van der Waals surface area contributed by atoms with Gasteiger partial charge in [0.1, 0.15) is 5.82 Å². The summed E-state index contributed by atoms with van der Waals surface area (Å²) in [5.74, 6) is -0.244. The second-order valence-electron chi connectivity index (χ2n) is 4.94. The molecule has 1 aliphatic heterocycles. The van der Waals surface area contributed by atoms with Crippen LogP contribution in [-0.2, 0) is 17.6 Å². The molecule has 2 aromatic rings. The maximum absolute atomic E-state index is 13.2. The van der Waals surface area contributed by atoms with Crippen LogP contribution in [0.4, 0.5) is 10.1 Å². The molecule has 1 unspecified atom stereocenters. The zero-order valence-electron chi connectivity index (χ0n) is 10.7.